The van der Waals surface area contributed by atoms with Crippen molar-refractivity contribution in [1.82, 2.24) is 4.90 Å². The Morgan fingerprint density at radius 2 is 1.71 bits per heavy atom. The van der Waals surface area contributed by atoms with Crippen molar-refractivity contribution in [3.8, 4) is 0 Å². The van der Waals surface area contributed by atoms with Crippen LogP contribution in [0.1, 0.15) is 27.2 Å². The maximum atomic E-state index is 5.71. The second-order valence-electron chi connectivity index (χ2n) is 3.98. The molecule has 0 atom stereocenters. The highest BCUT2D eigenvalue weighted by molar-refractivity contribution is 4.89. The van der Waals surface area contributed by atoms with E-state index >= 15 is 0 Å². The molecule has 0 radical (unpaired) electrons. The number of hydrogen-bond donors (Lipinski definition) is 0. The number of hydrogen-bond acceptors (Lipinski definition) is 3. The normalized spacial score (nSPS) is 26.6. The highest BCUT2D eigenvalue weighted by Gasteiger charge is 2.46. The fraction of sp³-hybridized carbons (Fsp3) is 1.00. The van der Waals surface area contributed by atoms with Gasteiger partial charge in [0.05, 0.1) is 26.3 Å². The number of likely N-dealkylation sites (N-methyl/N-ethyl adjacent to an activating group) is 1. The third-order valence-corrected chi connectivity index (χ3v) is 2.76. The quantitative estimate of drug-likeness (QED) is 0.645. The number of ether oxygens (including phenoxy) is 2. The van der Waals surface area contributed by atoms with E-state index in [0.29, 0.717) is 5.92 Å². The maximum absolute atomic E-state index is 5.71. The molecule has 2 fully saturated rings. The van der Waals surface area contributed by atoms with E-state index in [1.807, 2.05) is 13.8 Å². The first-order valence-corrected chi connectivity index (χ1v) is 5.70. The SMILES string of the molecule is CC.CCC1COC2(CN(C)C2)OC1. The van der Waals surface area contributed by atoms with E-state index in [9.17, 15) is 0 Å². The Morgan fingerprint density at radius 3 is 2.07 bits per heavy atom. The van der Waals surface area contributed by atoms with Crippen molar-refractivity contribution >= 4 is 0 Å². The van der Waals surface area contributed by atoms with Crippen LogP contribution in [0.4, 0.5) is 0 Å². The molecule has 2 rings (SSSR count). The zero-order chi connectivity index (χ0) is 10.6. The summed E-state index contributed by atoms with van der Waals surface area (Å²) in [5, 5.41) is 0. The van der Waals surface area contributed by atoms with Gasteiger partial charge in [-0.25, -0.2) is 0 Å². The Bertz CT molecular complexity index is 157. The van der Waals surface area contributed by atoms with Crippen LogP contribution in [0, 0.1) is 5.92 Å². The van der Waals surface area contributed by atoms with Gasteiger partial charge in [0.15, 0.2) is 5.79 Å². The maximum Gasteiger partial charge on any atom is 0.193 e. The summed E-state index contributed by atoms with van der Waals surface area (Å²) in [7, 11) is 2.09. The van der Waals surface area contributed by atoms with Crippen molar-refractivity contribution in [2.45, 2.75) is 33.0 Å². The standard InChI is InChI=1S/C9H17NO2.C2H6/c1-3-8-4-11-9(12-5-8)6-10(2)7-9;1-2/h8H,3-7H2,1-2H3;1-2H3. The molecule has 1 spiro atoms. The molecular formula is C11H23NO2. The van der Waals surface area contributed by atoms with Crippen molar-refractivity contribution in [2.24, 2.45) is 5.92 Å². The molecule has 0 unspecified atom stereocenters. The molecule has 3 heteroatoms. The molecule has 2 saturated heterocycles. The molecule has 0 aromatic heterocycles. The predicted octanol–water partition coefficient (Wildman–Crippen LogP) is 1.73. The summed E-state index contributed by atoms with van der Waals surface area (Å²) in [5.74, 6) is 0.391. The second kappa shape index (κ2) is 5.10. The first kappa shape index (κ1) is 12.0. The molecule has 84 valence electrons. The Balaban J connectivity index is 0.000000461. The molecule has 14 heavy (non-hydrogen) atoms. The van der Waals surface area contributed by atoms with Crippen LogP contribution in [0.3, 0.4) is 0 Å². The summed E-state index contributed by atoms with van der Waals surface area (Å²) >= 11 is 0. The molecule has 0 saturated carbocycles. The molecule has 2 aliphatic rings. The molecule has 0 bridgehead atoms. The topological polar surface area (TPSA) is 21.7 Å². The summed E-state index contributed by atoms with van der Waals surface area (Å²) in [6.45, 7) is 9.81. The number of likely N-dealkylation sites (tertiary alicyclic amines) is 1. The zero-order valence-electron chi connectivity index (χ0n) is 9.88. The van der Waals surface area contributed by atoms with Gasteiger partial charge in [-0.1, -0.05) is 20.8 Å². The van der Waals surface area contributed by atoms with Crippen LogP contribution < -0.4 is 0 Å². The van der Waals surface area contributed by atoms with Crippen molar-refractivity contribution < 1.29 is 9.47 Å². The summed E-state index contributed by atoms with van der Waals surface area (Å²) in [6.07, 6.45) is 1.16. The smallest absolute Gasteiger partial charge is 0.193 e. The molecular weight excluding hydrogens is 178 g/mol. The van der Waals surface area contributed by atoms with Crippen LogP contribution in [0.15, 0.2) is 0 Å². The highest BCUT2D eigenvalue weighted by atomic mass is 16.7. The van der Waals surface area contributed by atoms with Crippen LogP contribution >= 0.6 is 0 Å². The number of nitrogens with zero attached hydrogens (tertiary/aromatic N) is 1. The van der Waals surface area contributed by atoms with E-state index in [1.165, 1.54) is 0 Å². The highest BCUT2D eigenvalue weighted by Crippen LogP contribution is 2.30. The fourth-order valence-electron chi connectivity index (χ4n) is 1.82. The van der Waals surface area contributed by atoms with E-state index in [2.05, 4.69) is 18.9 Å². The largest absolute Gasteiger partial charge is 0.347 e. The van der Waals surface area contributed by atoms with Crippen molar-refractivity contribution in [3.63, 3.8) is 0 Å². The van der Waals surface area contributed by atoms with Gasteiger partial charge in [-0.05, 0) is 13.5 Å². The van der Waals surface area contributed by atoms with E-state index in [1.54, 1.807) is 0 Å². The van der Waals surface area contributed by atoms with Gasteiger partial charge in [0.1, 0.15) is 0 Å². The molecule has 3 nitrogen and oxygen atoms in total. The lowest BCUT2D eigenvalue weighted by atomic mass is 10.0. The molecule has 2 heterocycles. The van der Waals surface area contributed by atoms with E-state index < -0.39 is 0 Å². The summed E-state index contributed by atoms with van der Waals surface area (Å²) < 4.78 is 11.4. The van der Waals surface area contributed by atoms with Gasteiger partial charge in [0.2, 0.25) is 0 Å². The van der Waals surface area contributed by atoms with Gasteiger partial charge in [-0.3, -0.25) is 4.90 Å². The van der Waals surface area contributed by atoms with Crippen molar-refractivity contribution in [2.75, 3.05) is 33.4 Å². The van der Waals surface area contributed by atoms with Gasteiger partial charge in [0.25, 0.3) is 0 Å². The molecule has 0 aromatic rings. The lowest BCUT2D eigenvalue weighted by molar-refractivity contribution is -0.330. The zero-order valence-corrected chi connectivity index (χ0v) is 9.88. The molecule has 0 aromatic carbocycles. The van der Waals surface area contributed by atoms with Crippen LogP contribution in [-0.4, -0.2) is 44.0 Å². The van der Waals surface area contributed by atoms with Gasteiger partial charge < -0.3 is 9.47 Å². The van der Waals surface area contributed by atoms with Crippen molar-refractivity contribution in [3.05, 3.63) is 0 Å². The van der Waals surface area contributed by atoms with Gasteiger partial charge in [0, 0.05) is 5.92 Å². The second-order valence-corrected chi connectivity index (χ2v) is 3.98. The average Bonchev–Trinajstić information content (AvgIpc) is 2.20. The van der Waals surface area contributed by atoms with Crippen LogP contribution in [0.5, 0.6) is 0 Å². The number of rotatable bonds is 1. The Kier molecular flexibility index (Phi) is 4.35. The van der Waals surface area contributed by atoms with E-state index in [4.69, 9.17) is 9.47 Å². The summed E-state index contributed by atoms with van der Waals surface area (Å²) in [6, 6.07) is 0. The fourth-order valence-corrected chi connectivity index (χ4v) is 1.82. The molecule has 0 aliphatic carbocycles. The third-order valence-electron chi connectivity index (χ3n) is 2.76. The Hall–Kier alpha value is -0.120. The Labute approximate surface area is 87.4 Å². The molecule has 0 amide bonds. The average molecular weight is 201 g/mol. The van der Waals surface area contributed by atoms with Gasteiger partial charge in [-0.15, -0.1) is 0 Å². The lowest BCUT2D eigenvalue weighted by Gasteiger charge is -2.50. The molecule has 0 N–H and O–H groups in total. The van der Waals surface area contributed by atoms with E-state index in [-0.39, 0.29) is 5.79 Å². The van der Waals surface area contributed by atoms with Crippen LogP contribution in [0.25, 0.3) is 0 Å². The third kappa shape index (κ3) is 2.47. The minimum atomic E-state index is -0.222. The first-order valence-electron chi connectivity index (χ1n) is 5.70. The van der Waals surface area contributed by atoms with Crippen LogP contribution in [0.2, 0.25) is 0 Å². The Morgan fingerprint density at radius 1 is 1.21 bits per heavy atom. The first-order chi connectivity index (χ1) is 6.74. The van der Waals surface area contributed by atoms with Gasteiger partial charge in [-0.2, -0.15) is 0 Å². The summed E-state index contributed by atoms with van der Waals surface area (Å²) in [5.41, 5.74) is 0. The minimum Gasteiger partial charge on any atom is -0.347 e. The van der Waals surface area contributed by atoms with Gasteiger partial charge >= 0.3 is 0 Å². The summed E-state index contributed by atoms with van der Waals surface area (Å²) in [4.78, 5) is 2.21. The van der Waals surface area contributed by atoms with Crippen LogP contribution in [-0.2, 0) is 9.47 Å². The van der Waals surface area contributed by atoms with Crippen molar-refractivity contribution in [1.29, 1.82) is 0 Å². The molecule has 2 aliphatic heterocycles. The lowest BCUT2D eigenvalue weighted by Crippen LogP contribution is -2.65. The minimum absolute atomic E-state index is 0.222. The van der Waals surface area contributed by atoms with E-state index in [0.717, 1.165) is 32.7 Å². The predicted molar refractivity (Wildman–Crippen MR) is 57.3 cm³/mol. The monoisotopic (exact) mass is 201 g/mol.